The fraction of sp³-hybridized carbons (Fsp3) is 0.294. The molecular formula is C17H21ClN2O. The van der Waals surface area contributed by atoms with Gasteiger partial charge >= 0.3 is 0 Å². The first-order valence-corrected chi connectivity index (χ1v) is 7.43. The highest BCUT2D eigenvalue weighted by Gasteiger charge is 2.23. The Hall–Kier alpha value is -1.55. The van der Waals surface area contributed by atoms with Crippen LogP contribution in [0.5, 0.6) is 5.75 Å². The van der Waals surface area contributed by atoms with Crippen LogP contribution in [-0.4, -0.2) is 7.11 Å². The molecule has 0 fully saturated rings. The Morgan fingerprint density at radius 2 is 1.86 bits per heavy atom. The smallest absolute Gasteiger partial charge is 0.137 e. The van der Waals surface area contributed by atoms with Crippen molar-refractivity contribution < 1.29 is 4.74 Å². The molecule has 112 valence electrons. The summed E-state index contributed by atoms with van der Waals surface area (Å²) in [7, 11) is 1.62. The first kappa shape index (κ1) is 15.8. The second-order valence-electron chi connectivity index (χ2n) is 4.96. The molecule has 0 spiro atoms. The minimum absolute atomic E-state index is 0.00330. The van der Waals surface area contributed by atoms with Crippen molar-refractivity contribution in [1.29, 1.82) is 0 Å². The molecule has 0 aliphatic carbocycles. The summed E-state index contributed by atoms with van der Waals surface area (Å²) in [6, 6.07) is 16.2. The molecule has 0 aliphatic rings. The van der Waals surface area contributed by atoms with Gasteiger partial charge in [-0.25, -0.2) is 0 Å². The maximum Gasteiger partial charge on any atom is 0.137 e. The SMILES string of the molecule is CCC(c1ccccc1)C(NN)c1ccc(Cl)c(OC)c1. The maximum absolute atomic E-state index is 6.10. The number of rotatable bonds is 6. The van der Waals surface area contributed by atoms with Crippen LogP contribution in [-0.2, 0) is 0 Å². The number of methoxy groups -OCH3 is 1. The van der Waals surface area contributed by atoms with Crippen molar-refractivity contribution in [2.45, 2.75) is 25.3 Å². The van der Waals surface area contributed by atoms with Crippen molar-refractivity contribution in [1.82, 2.24) is 5.43 Å². The number of halogens is 1. The van der Waals surface area contributed by atoms with E-state index in [-0.39, 0.29) is 12.0 Å². The van der Waals surface area contributed by atoms with Crippen molar-refractivity contribution in [3.8, 4) is 5.75 Å². The molecule has 21 heavy (non-hydrogen) atoms. The first-order chi connectivity index (χ1) is 10.2. The number of nitrogens with two attached hydrogens (primary N) is 1. The molecule has 0 saturated heterocycles. The first-order valence-electron chi connectivity index (χ1n) is 7.05. The second kappa shape index (κ2) is 7.46. The van der Waals surface area contributed by atoms with Gasteiger partial charge in [-0.2, -0.15) is 0 Å². The molecule has 2 unspecified atom stereocenters. The standard InChI is InChI=1S/C17H21ClN2O/c1-3-14(12-7-5-4-6-8-12)17(20-19)13-9-10-15(18)16(11-13)21-2/h4-11,14,17,20H,3,19H2,1-2H3. The molecule has 2 aromatic rings. The van der Waals surface area contributed by atoms with Crippen LogP contribution in [0.1, 0.15) is 36.4 Å². The van der Waals surface area contributed by atoms with Gasteiger partial charge in [-0.1, -0.05) is 54.9 Å². The van der Waals surface area contributed by atoms with Gasteiger partial charge in [0.05, 0.1) is 18.2 Å². The average Bonchev–Trinajstić information content (AvgIpc) is 2.54. The van der Waals surface area contributed by atoms with E-state index in [4.69, 9.17) is 22.2 Å². The van der Waals surface area contributed by atoms with Gasteiger partial charge < -0.3 is 4.74 Å². The topological polar surface area (TPSA) is 47.3 Å². The zero-order chi connectivity index (χ0) is 15.2. The van der Waals surface area contributed by atoms with Gasteiger partial charge in [0.2, 0.25) is 0 Å². The third-order valence-corrected chi connectivity index (χ3v) is 4.10. The van der Waals surface area contributed by atoms with E-state index >= 15 is 0 Å². The Balaban J connectivity index is 2.38. The van der Waals surface area contributed by atoms with Gasteiger partial charge in [0.25, 0.3) is 0 Å². The summed E-state index contributed by atoms with van der Waals surface area (Å²) >= 11 is 6.10. The molecule has 0 heterocycles. The summed E-state index contributed by atoms with van der Waals surface area (Å²) in [5.74, 6) is 6.77. The summed E-state index contributed by atoms with van der Waals surface area (Å²) in [6.45, 7) is 2.16. The van der Waals surface area contributed by atoms with E-state index in [1.807, 2.05) is 36.4 Å². The number of hydrogen-bond donors (Lipinski definition) is 2. The lowest BCUT2D eigenvalue weighted by Crippen LogP contribution is -2.32. The van der Waals surface area contributed by atoms with E-state index in [0.717, 1.165) is 12.0 Å². The Kier molecular flexibility index (Phi) is 5.62. The van der Waals surface area contributed by atoms with Crippen LogP contribution in [0, 0.1) is 0 Å². The summed E-state index contributed by atoms with van der Waals surface area (Å²) in [5, 5.41) is 0.602. The number of ether oxygens (including phenoxy) is 1. The number of hydrogen-bond acceptors (Lipinski definition) is 3. The van der Waals surface area contributed by atoms with Crippen LogP contribution in [0.4, 0.5) is 0 Å². The van der Waals surface area contributed by atoms with Gasteiger partial charge in [-0.05, 0) is 29.7 Å². The number of nitrogens with one attached hydrogen (secondary N) is 1. The lowest BCUT2D eigenvalue weighted by molar-refractivity contribution is 0.409. The fourth-order valence-electron chi connectivity index (χ4n) is 2.68. The van der Waals surface area contributed by atoms with Gasteiger partial charge in [0.1, 0.15) is 5.75 Å². The van der Waals surface area contributed by atoms with E-state index in [2.05, 4.69) is 24.5 Å². The van der Waals surface area contributed by atoms with Crippen molar-refractivity contribution in [3.05, 3.63) is 64.7 Å². The molecule has 4 heteroatoms. The van der Waals surface area contributed by atoms with Crippen LogP contribution >= 0.6 is 11.6 Å². The molecule has 0 amide bonds. The predicted octanol–water partition coefficient (Wildman–Crippen LogP) is 4.05. The van der Waals surface area contributed by atoms with E-state index in [1.54, 1.807) is 7.11 Å². The van der Waals surface area contributed by atoms with Gasteiger partial charge in [-0.15, -0.1) is 0 Å². The molecular weight excluding hydrogens is 284 g/mol. The predicted molar refractivity (Wildman–Crippen MR) is 87.5 cm³/mol. The molecule has 2 aromatic carbocycles. The third-order valence-electron chi connectivity index (χ3n) is 3.78. The Morgan fingerprint density at radius 1 is 1.14 bits per heavy atom. The normalized spacial score (nSPS) is 13.7. The Morgan fingerprint density at radius 3 is 2.43 bits per heavy atom. The number of hydrazine groups is 1. The minimum atomic E-state index is 0.00330. The summed E-state index contributed by atoms with van der Waals surface area (Å²) < 4.78 is 5.30. The summed E-state index contributed by atoms with van der Waals surface area (Å²) in [4.78, 5) is 0. The van der Waals surface area contributed by atoms with Crippen molar-refractivity contribution >= 4 is 11.6 Å². The molecule has 2 atom stereocenters. The second-order valence-corrected chi connectivity index (χ2v) is 5.37. The van der Waals surface area contributed by atoms with Gasteiger partial charge in [0, 0.05) is 5.92 Å². The maximum atomic E-state index is 6.10. The fourth-order valence-corrected chi connectivity index (χ4v) is 2.87. The zero-order valence-electron chi connectivity index (χ0n) is 12.3. The monoisotopic (exact) mass is 304 g/mol. The highest BCUT2D eigenvalue weighted by Crippen LogP contribution is 2.36. The van der Waals surface area contributed by atoms with Crippen LogP contribution in [0.25, 0.3) is 0 Å². The zero-order valence-corrected chi connectivity index (χ0v) is 13.1. The summed E-state index contributed by atoms with van der Waals surface area (Å²) in [6.07, 6.45) is 0.976. The highest BCUT2D eigenvalue weighted by molar-refractivity contribution is 6.32. The minimum Gasteiger partial charge on any atom is -0.495 e. The Labute approximate surface area is 131 Å². The molecule has 0 saturated carbocycles. The van der Waals surface area contributed by atoms with Crippen LogP contribution in [0.15, 0.2) is 48.5 Å². The van der Waals surface area contributed by atoms with E-state index in [9.17, 15) is 0 Å². The van der Waals surface area contributed by atoms with E-state index in [0.29, 0.717) is 10.8 Å². The lowest BCUT2D eigenvalue weighted by atomic mass is 9.85. The molecule has 2 rings (SSSR count). The molecule has 0 radical (unpaired) electrons. The lowest BCUT2D eigenvalue weighted by Gasteiger charge is -2.27. The highest BCUT2D eigenvalue weighted by atomic mass is 35.5. The molecule has 3 N–H and O–H groups in total. The quantitative estimate of drug-likeness (QED) is 0.625. The third kappa shape index (κ3) is 3.56. The van der Waals surface area contributed by atoms with Crippen LogP contribution in [0.2, 0.25) is 5.02 Å². The van der Waals surface area contributed by atoms with Crippen molar-refractivity contribution in [2.24, 2.45) is 5.84 Å². The van der Waals surface area contributed by atoms with E-state index < -0.39 is 0 Å². The molecule has 3 nitrogen and oxygen atoms in total. The van der Waals surface area contributed by atoms with Gasteiger partial charge in [-0.3, -0.25) is 11.3 Å². The molecule has 0 aromatic heterocycles. The van der Waals surface area contributed by atoms with Crippen LogP contribution < -0.4 is 16.0 Å². The van der Waals surface area contributed by atoms with Gasteiger partial charge in [0.15, 0.2) is 0 Å². The number of benzene rings is 2. The Bertz CT molecular complexity index is 574. The van der Waals surface area contributed by atoms with Crippen molar-refractivity contribution in [2.75, 3.05) is 7.11 Å². The summed E-state index contributed by atoms with van der Waals surface area (Å²) in [5.41, 5.74) is 5.27. The largest absolute Gasteiger partial charge is 0.495 e. The average molecular weight is 305 g/mol. The molecule has 0 aliphatic heterocycles. The molecule has 0 bridgehead atoms. The van der Waals surface area contributed by atoms with Crippen LogP contribution in [0.3, 0.4) is 0 Å². The van der Waals surface area contributed by atoms with Crippen molar-refractivity contribution in [3.63, 3.8) is 0 Å². The van der Waals surface area contributed by atoms with E-state index in [1.165, 1.54) is 5.56 Å².